The first kappa shape index (κ1) is 83.8. The van der Waals surface area contributed by atoms with E-state index in [9.17, 15) is 10.2 Å². The van der Waals surface area contributed by atoms with Crippen molar-refractivity contribution in [1.82, 2.24) is 0 Å². The van der Waals surface area contributed by atoms with Gasteiger partial charge in [0.25, 0.3) is 0 Å². The highest BCUT2D eigenvalue weighted by atomic mass is 32.2. The standard InChI is InChI=1S/C90H112O10S8/c1-83(2,3)51-35-59-75(91)60(36-51)102-68-44-56(88(16,17)18)48-72-80(68)98-32-28-96-30-34-100-82-70-46-58(90(22,23)24)50-74(82)108-66-42-54(86(10,11)12)41-65(78(66)94-26)107-73-49-57(89(19,20)21)45-69(103-61-37-52(84(4,5)6)38-62(104-70)76(61)92)81(73)99-33-29-95-27-31-97-79-67(101-59)43-55(87(13,14)15)47-71(79)105-63-39-53(85(7,8)9)40-64(106-72)77(63)93-25/h35-50,91-92H,27-34H2,1-26H3. The third kappa shape index (κ3) is 19.6. The van der Waals surface area contributed by atoms with Gasteiger partial charge in [0.05, 0.1) is 119 Å². The fraction of sp³-hybridized carbons (Fsp3) is 0.467. The van der Waals surface area contributed by atoms with E-state index >= 15 is 0 Å². The first-order chi connectivity index (χ1) is 50.3. The van der Waals surface area contributed by atoms with E-state index in [4.69, 9.17) is 37.9 Å². The van der Waals surface area contributed by atoms with Crippen LogP contribution >= 0.6 is 94.1 Å². The second-order valence-corrected chi connectivity index (χ2v) is 45.0. The smallest absolute Gasteiger partial charge is 0.147 e. The minimum atomic E-state index is -0.301. The van der Waals surface area contributed by atoms with E-state index in [2.05, 4.69) is 263 Å². The molecule has 0 unspecified atom stereocenters. The second kappa shape index (κ2) is 32.4. The Morgan fingerprint density at radius 2 is 0.361 bits per heavy atom. The summed E-state index contributed by atoms with van der Waals surface area (Å²) in [6.45, 7) is 55.5. The summed E-state index contributed by atoms with van der Waals surface area (Å²) in [6, 6.07) is 35.7. The zero-order valence-corrected chi connectivity index (χ0v) is 74.9. The topological polar surface area (TPSA) is 114 Å². The lowest BCUT2D eigenvalue weighted by molar-refractivity contribution is 0.0737. The molecular formula is C90H112O10S8. The SMILES string of the molecule is COc1c2cc(C(C)(C)C)cc1Sc1cc(C(C)(C)C)cc3c1OCCOCCOc1c4cc(C(C)(C)C)cc1Sc1cc(C(C)(C)C)cc(c1OC)Sc1cc(C(C)(C)C)cc(c1OCCOCCOc1c(cc(C(C)(C)C)cc1S2)Sc1cc(C(C)(C)C)cc(c1O)S3)Sc1cc(C(C)(C)C)cc(c1O)S4. The van der Waals surface area contributed by atoms with Crippen molar-refractivity contribution in [3.8, 4) is 46.0 Å². The van der Waals surface area contributed by atoms with Crippen molar-refractivity contribution in [2.75, 3.05) is 67.1 Å². The van der Waals surface area contributed by atoms with Crippen LogP contribution in [0.4, 0.5) is 0 Å². The number of benzene rings is 8. The fourth-order valence-corrected chi connectivity index (χ4v) is 21.7. The summed E-state index contributed by atoms with van der Waals surface area (Å²) in [4.78, 5) is 13.6. The predicted octanol–water partition coefficient (Wildman–Crippen LogP) is 26.6. The number of hydrogen-bond donors (Lipinski definition) is 2. The van der Waals surface area contributed by atoms with E-state index in [1.807, 2.05) is 0 Å². The highest BCUT2D eigenvalue weighted by Gasteiger charge is 2.34. The van der Waals surface area contributed by atoms with E-state index < -0.39 is 0 Å². The Morgan fingerprint density at radius 3 is 0.509 bits per heavy atom. The van der Waals surface area contributed by atoms with Crippen LogP contribution in [0.2, 0.25) is 0 Å². The summed E-state index contributed by atoms with van der Waals surface area (Å²) < 4.78 is 55.7. The highest BCUT2D eigenvalue weighted by molar-refractivity contribution is 8.02. The highest BCUT2D eigenvalue weighted by Crippen LogP contribution is 2.60. The maximum atomic E-state index is 13.1. The summed E-state index contributed by atoms with van der Waals surface area (Å²) in [5.41, 5.74) is 6.62. The molecule has 20 bridgehead atoms. The number of ether oxygens (including phenoxy) is 8. The molecule has 0 saturated heterocycles. The molecular weight excluding hydrogens is 1500 g/mol. The van der Waals surface area contributed by atoms with Gasteiger partial charge in [-0.2, -0.15) is 0 Å². The van der Waals surface area contributed by atoms with E-state index in [1.165, 1.54) is 47.0 Å². The molecule has 0 atom stereocenters. The molecule has 18 heteroatoms. The molecule has 0 fully saturated rings. The number of phenols is 2. The third-order valence-electron chi connectivity index (χ3n) is 19.2. The first-order valence-corrected chi connectivity index (χ1v) is 43.8. The van der Waals surface area contributed by atoms with Gasteiger partial charge < -0.3 is 48.1 Å². The van der Waals surface area contributed by atoms with Gasteiger partial charge in [0.1, 0.15) is 72.4 Å². The zero-order valence-electron chi connectivity index (χ0n) is 68.3. The van der Waals surface area contributed by atoms with Crippen molar-refractivity contribution < 1.29 is 48.1 Å². The maximum Gasteiger partial charge on any atom is 0.147 e. The van der Waals surface area contributed by atoms with Crippen molar-refractivity contribution in [3.63, 3.8) is 0 Å². The van der Waals surface area contributed by atoms with Crippen LogP contribution in [0.3, 0.4) is 0 Å². The molecule has 580 valence electrons. The summed E-state index contributed by atoms with van der Waals surface area (Å²) in [5, 5.41) is 26.2. The first-order valence-electron chi connectivity index (χ1n) is 37.3. The minimum Gasteiger partial charge on any atom is -0.506 e. The molecule has 0 aliphatic carbocycles. The Bertz CT molecular complexity index is 4130. The Balaban J connectivity index is 1.14. The molecule has 8 aromatic rings. The fourth-order valence-electron chi connectivity index (χ4n) is 12.2. The number of phenolic OH excluding ortho intramolecular Hbond substituents is 2. The second-order valence-electron chi connectivity index (χ2n) is 36.3. The van der Waals surface area contributed by atoms with Crippen molar-refractivity contribution >= 4 is 94.1 Å². The summed E-state index contributed by atoms with van der Waals surface area (Å²) in [7, 11) is 3.54. The minimum absolute atomic E-state index is 0.173. The van der Waals surface area contributed by atoms with Gasteiger partial charge in [0, 0.05) is 0 Å². The van der Waals surface area contributed by atoms with Crippen LogP contribution in [0.15, 0.2) is 175 Å². The van der Waals surface area contributed by atoms with Gasteiger partial charge in [-0.3, -0.25) is 0 Å². The van der Waals surface area contributed by atoms with E-state index in [0.29, 0.717) is 42.6 Å². The summed E-state index contributed by atoms with van der Waals surface area (Å²) >= 11 is 12.6. The normalized spacial score (nSPS) is 15.6. The van der Waals surface area contributed by atoms with Gasteiger partial charge in [-0.25, -0.2) is 0 Å². The number of hydrogen-bond acceptors (Lipinski definition) is 18. The Hall–Kier alpha value is -5.12. The van der Waals surface area contributed by atoms with Crippen LogP contribution < -0.4 is 28.4 Å². The van der Waals surface area contributed by atoms with Crippen LogP contribution in [-0.4, -0.2) is 77.3 Å². The molecule has 0 spiro atoms. The van der Waals surface area contributed by atoms with Gasteiger partial charge in [0.2, 0.25) is 0 Å². The van der Waals surface area contributed by atoms with Crippen LogP contribution in [-0.2, 0) is 52.8 Å². The Kier molecular flexibility index (Phi) is 25.1. The van der Waals surface area contributed by atoms with Crippen molar-refractivity contribution in [2.24, 2.45) is 0 Å². The average molecular weight is 1610 g/mol. The number of methoxy groups -OCH3 is 2. The van der Waals surface area contributed by atoms with Crippen LogP contribution in [0.1, 0.15) is 211 Å². The summed E-state index contributed by atoms with van der Waals surface area (Å²) in [5.74, 6) is 4.53. The molecule has 11 rings (SSSR count). The molecule has 2 N–H and O–H groups in total. The van der Waals surface area contributed by atoms with Crippen LogP contribution in [0.5, 0.6) is 46.0 Å². The van der Waals surface area contributed by atoms with Crippen molar-refractivity contribution in [3.05, 3.63) is 142 Å². The number of rotatable bonds is 2. The third-order valence-corrected chi connectivity index (χ3v) is 27.6. The van der Waals surface area contributed by atoms with Gasteiger partial charge >= 0.3 is 0 Å². The maximum absolute atomic E-state index is 13.1. The zero-order chi connectivity index (χ0) is 78.8. The summed E-state index contributed by atoms with van der Waals surface area (Å²) in [6.07, 6.45) is 0. The van der Waals surface area contributed by atoms with Gasteiger partial charge in [0.15, 0.2) is 0 Å². The van der Waals surface area contributed by atoms with E-state index in [0.717, 1.165) is 115 Å². The molecule has 3 heterocycles. The molecule has 10 nitrogen and oxygen atoms in total. The number of fused-ring (bicyclic) bond motifs is 4. The lowest BCUT2D eigenvalue weighted by Crippen LogP contribution is -2.16. The Labute approximate surface area is 679 Å². The predicted molar refractivity (Wildman–Crippen MR) is 454 cm³/mol. The van der Waals surface area contributed by atoms with Crippen LogP contribution in [0, 0.1) is 0 Å². The van der Waals surface area contributed by atoms with Crippen LogP contribution in [0.25, 0.3) is 0 Å². The van der Waals surface area contributed by atoms with E-state index in [1.54, 1.807) is 61.3 Å². The largest absolute Gasteiger partial charge is 0.506 e. The molecule has 0 aromatic heterocycles. The van der Waals surface area contributed by atoms with Crippen molar-refractivity contribution in [1.29, 1.82) is 0 Å². The molecule has 3 aliphatic rings. The van der Waals surface area contributed by atoms with Gasteiger partial charge in [-0.15, -0.1) is 0 Å². The molecule has 0 amide bonds. The molecule has 0 saturated carbocycles. The molecule has 8 aromatic carbocycles. The van der Waals surface area contributed by atoms with Gasteiger partial charge in [-0.05, 0) is 185 Å². The average Bonchev–Trinajstić information content (AvgIpc) is 0.763. The Morgan fingerprint density at radius 1 is 0.222 bits per heavy atom. The quantitative estimate of drug-likeness (QED) is 0.171. The van der Waals surface area contributed by atoms with E-state index in [-0.39, 0.29) is 108 Å². The lowest BCUT2D eigenvalue weighted by Gasteiger charge is -2.28. The van der Waals surface area contributed by atoms with Gasteiger partial charge in [-0.1, -0.05) is 260 Å². The molecule has 3 aliphatic heterocycles. The lowest BCUT2D eigenvalue weighted by atomic mass is 9.87. The molecule has 108 heavy (non-hydrogen) atoms. The monoisotopic (exact) mass is 1610 g/mol. The molecule has 0 radical (unpaired) electrons. The number of aromatic hydroxyl groups is 2. The van der Waals surface area contributed by atoms with Crippen molar-refractivity contribution in [2.45, 2.75) is 288 Å².